The molecule has 2 amide bonds. The zero-order valence-corrected chi connectivity index (χ0v) is 14.8. The van der Waals surface area contributed by atoms with Gasteiger partial charge >= 0.3 is 0 Å². The molecule has 3 rings (SSSR count). The van der Waals surface area contributed by atoms with Crippen molar-refractivity contribution in [3.05, 3.63) is 53.9 Å². The number of carbonyl (C=O) groups excluding carboxylic acids is 2. The number of benzene rings is 1. The summed E-state index contributed by atoms with van der Waals surface area (Å²) in [5, 5.41) is 4.13. The van der Waals surface area contributed by atoms with Gasteiger partial charge in [-0.2, -0.15) is 5.10 Å². The largest absolute Gasteiger partial charge is 0.344 e. The highest BCUT2D eigenvalue weighted by atomic mass is 16.2. The molecule has 2 heterocycles. The van der Waals surface area contributed by atoms with Gasteiger partial charge in [0.1, 0.15) is 0 Å². The van der Waals surface area contributed by atoms with Gasteiger partial charge in [0.05, 0.1) is 12.7 Å². The Balaban J connectivity index is 1.51. The van der Waals surface area contributed by atoms with Crippen LogP contribution in [0.4, 0.5) is 0 Å². The second kappa shape index (κ2) is 7.51. The van der Waals surface area contributed by atoms with E-state index in [1.807, 2.05) is 49.8 Å². The molecule has 1 fully saturated rings. The molecule has 25 heavy (non-hydrogen) atoms. The molecule has 0 radical (unpaired) electrons. The topological polar surface area (TPSA) is 58.4 Å². The van der Waals surface area contributed by atoms with Gasteiger partial charge in [0.25, 0.3) is 0 Å². The highest BCUT2D eigenvalue weighted by molar-refractivity contribution is 5.86. The van der Waals surface area contributed by atoms with Crippen LogP contribution in [0.3, 0.4) is 0 Å². The molecule has 6 nitrogen and oxygen atoms in total. The summed E-state index contributed by atoms with van der Waals surface area (Å²) in [7, 11) is 3.66. The first-order valence-electron chi connectivity index (χ1n) is 8.57. The van der Waals surface area contributed by atoms with Crippen molar-refractivity contribution in [1.82, 2.24) is 19.6 Å². The molecule has 2 aromatic rings. The summed E-state index contributed by atoms with van der Waals surface area (Å²) in [5.74, 6) is 0.219. The van der Waals surface area contributed by atoms with E-state index in [-0.39, 0.29) is 24.3 Å². The minimum atomic E-state index is -0.0223. The number of aryl methyl sites for hydroxylation is 1. The van der Waals surface area contributed by atoms with Gasteiger partial charge in [-0.25, -0.2) is 0 Å². The molecular weight excluding hydrogens is 316 g/mol. The monoisotopic (exact) mass is 340 g/mol. The lowest BCUT2D eigenvalue weighted by atomic mass is 9.99. The van der Waals surface area contributed by atoms with E-state index >= 15 is 0 Å². The third kappa shape index (κ3) is 4.26. The van der Waals surface area contributed by atoms with E-state index in [4.69, 9.17) is 0 Å². The lowest BCUT2D eigenvalue weighted by Gasteiger charge is -2.22. The first-order valence-corrected chi connectivity index (χ1v) is 8.57. The Bertz CT molecular complexity index is 741. The van der Waals surface area contributed by atoms with E-state index < -0.39 is 0 Å². The molecule has 0 aliphatic carbocycles. The van der Waals surface area contributed by atoms with E-state index in [0.717, 1.165) is 17.5 Å². The summed E-state index contributed by atoms with van der Waals surface area (Å²) in [6.07, 6.45) is 5.01. The quantitative estimate of drug-likeness (QED) is 0.799. The molecule has 1 aromatic heterocycles. The van der Waals surface area contributed by atoms with Crippen LogP contribution in [-0.2, 0) is 23.1 Å². The van der Waals surface area contributed by atoms with Crippen molar-refractivity contribution in [1.29, 1.82) is 0 Å². The van der Waals surface area contributed by atoms with Gasteiger partial charge in [-0.1, -0.05) is 30.3 Å². The fourth-order valence-electron chi connectivity index (χ4n) is 3.18. The van der Waals surface area contributed by atoms with Gasteiger partial charge in [0, 0.05) is 45.7 Å². The summed E-state index contributed by atoms with van der Waals surface area (Å²) in [5.41, 5.74) is 2.26. The number of nitrogens with zero attached hydrogens (tertiary/aromatic N) is 4. The Hall–Kier alpha value is -2.63. The fourth-order valence-corrected chi connectivity index (χ4v) is 3.18. The maximum atomic E-state index is 12.4. The number of hydrogen-bond donors (Lipinski definition) is 0. The summed E-state index contributed by atoms with van der Waals surface area (Å²) >= 11 is 0. The second-order valence-electron chi connectivity index (χ2n) is 6.67. The van der Waals surface area contributed by atoms with Crippen molar-refractivity contribution in [3.8, 4) is 0 Å². The van der Waals surface area contributed by atoms with Gasteiger partial charge in [0.15, 0.2) is 0 Å². The Morgan fingerprint density at radius 1 is 1.32 bits per heavy atom. The first-order chi connectivity index (χ1) is 12.0. The average Bonchev–Trinajstić information content (AvgIpc) is 3.19. The molecular formula is C19H24N4O2. The number of rotatable bonds is 6. The lowest BCUT2D eigenvalue weighted by Crippen LogP contribution is -2.39. The molecule has 0 spiro atoms. The van der Waals surface area contributed by atoms with Crippen LogP contribution in [0.25, 0.3) is 0 Å². The smallest absolute Gasteiger partial charge is 0.241 e. The van der Waals surface area contributed by atoms with Crippen LogP contribution in [0.15, 0.2) is 42.7 Å². The van der Waals surface area contributed by atoms with Gasteiger partial charge in [-0.3, -0.25) is 14.3 Å². The van der Waals surface area contributed by atoms with Crippen molar-refractivity contribution >= 4 is 11.8 Å². The number of amides is 2. The summed E-state index contributed by atoms with van der Waals surface area (Å²) in [4.78, 5) is 28.0. The molecule has 6 heteroatoms. The predicted octanol–water partition coefficient (Wildman–Crippen LogP) is 1.44. The maximum absolute atomic E-state index is 12.4. The Morgan fingerprint density at radius 2 is 2.08 bits per heavy atom. The lowest BCUT2D eigenvalue weighted by molar-refractivity contribution is -0.137. The number of likely N-dealkylation sites (N-methyl/N-ethyl adjacent to an activating group) is 1. The van der Waals surface area contributed by atoms with Crippen LogP contribution in [0.1, 0.15) is 23.5 Å². The SMILES string of the molecule is CN(CCc1cnn(C)c1)C(=O)CN1C[C@@H](c2ccccc2)CC1=O. The van der Waals surface area contributed by atoms with E-state index in [0.29, 0.717) is 19.5 Å². The Kier molecular flexibility index (Phi) is 5.16. The highest BCUT2D eigenvalue weighted by Gasteiger charge is 2.32. The third-order valence-corrected chi connectivity index (χ3v) is 4.73. The maximum Gasteiger partial charge on any atom is 0.241 e. The molecule has 1 saturated heterocycles. The summed E-state index contributed by atoms with van der Waals surface area (Å²) < 4.78 is 1.75. The van der Waals surface area contributed by atoms with E-state index in [1.54, 1.807) is 21.5 Å². The van der Waals surface area contributed by atoms with E-state index in [9.17, 15) is 9.59 Å². The van der Waals surface area contributed by atoms with Crippen LogP contribution in [0, 0.1) is 0 Å². The van der Waals surface area contributed by atoms with E-state index in [2.05, 4.69) is 5.10 Å². The zero-order chi connectivity index (χ0) is 17.8. The standard InChI is InChI=1S/C19H24N4O2/c1-21(9-8-15-11-20-22(2)12-15)19(25)14-23-13-17(10-18(23)24)16-6-4-3-5-7-16/h3-7,11-12,17H,8-10,13-14H2,1-2H3/t17-/m0/s1. The van der Waals surface area contributed by atoms with Gasteiger partial charge < -0.3 is 9.80 Å². The van der Waals surface area contributed by atoms with Crippen molar-refractivity contribution in [2.24, 2.45) is 7.05 Å². The van der Waals surface area contributed by atoms with Gasteiger partial charge in [0.2, 0.25) is 11.8 Å². The van der Waals surface area contributed by atoms with Gasteiger partial charge in [-0.05, 0) is 17.5 Å². The first kappa shape index (κ1) is 17.2. The second-order valence-corrected chi connectivity index (χ2v) is 6.67. The number of carbonyl (C=O) groups is 2. The number of aromatic nitrogens is 2. The van der Waals surface area contributed by atoms with Crippen LogP contribution >= 0.6 is 0 Å². The molecule has 132 valence electrons. The van der Waals surface area contributed by atoms with Crippen LogP contribution in [-0.4, -0.2) is 58.1 Å². The predicted molar refractivity (Wildman–Crippen MR) is 94.9 cm³/mol. The summed E-state index contributed by atoms with van der Waals surface area (Å²) in [6.45, 7) is 1.39. The zero-order valence-electron chi connectivity index (χ0n) is 14.8. The van der Waals surface area contributed by atoms with Crippen LogP contribution < -0.4 is 0 Å². The number of hydrogen-bond acceptors (Lipinski definition) is 3. The van der Waals surface area contributed by atoms with Gasteiger partial charge in [-0.15, -0.1) is 0 Å². The molecule has 1 aromatic carbocycles. The molecule has 1 aliphatic heterocycles. The molecule has 1 atom stereocenters. The minimum Gasteiger partial charge on any atom is -0.344 e. The number of likely N-dealkylation sites (tertiary alicyclic amines) is 1. The van der Waals surface area contributed by atoms with Crippen molar-refractivity contribution in [2.45, 2.75) is 18.8 Å². The Morgan fingerprint density at radius 3 is 2.76 bits per heavy atom. The highest BCUT2D eigenvalue weighted by Crippen LogP contribution is 2.27. The average molecular weight is 340 g/mol. The minimum absolute atomic E-state index is 0.0223. The molecule has 0 N–H and O–H groups in total. The summed E-state index contributed by atoms with van der Waals surface area (Å²) in [6, 6.07) is 10.0. The molecule has 0 unspecified atom stereocenters. The Labute approximate surface area is 148 Å². The van der Waals surface area contributed by atoms with E-state index in [1.165, 1.54) is 0 Å². The third-order valence-electron chi connectivity index (χ3n) is 4.73. The fraction of sp³-hybridized carbons (Fsp3) is 0.421. The van der Waals surface area contributed by atoms with Crippen molar-refractivity contribution in [3.63, 3.8) is 0 Å². The van der Waals surface area contributed by atoms with Crippen molar-refractivity contribution in [2.75, 3.05) is 26.7 Å². The normalized spacial score (nSPS) is 17.1. The molecule has 1 aliphatic rings. The molecule has 0 saturated carbocycles. The van der Waals surface area contributed by atoms with Crippen molar-refractivity contribution < 1.29 is 9.59 Å². The van der Waals surface area contributed by atoms with Crippen LogP contribution in [0.2, 0.25) is 0 Å². The van der Waals surface area contributed by atoms with Crippen LogP contribution in [0.5, 0.6) is 0 Å². The molecule has 0 bridgehead atoms.